The first-order chi connectivity index (χ1) is 9.87. The van der Waals surface area contributed by atoms with Crippen molar-refractivity contribution in [3.63, 3.8) is 0 Å². The Morgan fingerprint density at radius 1 is 0.810 bits per heavy atom. The zero-order valence-corrected chi connectivity index (χ0v) is 12.4. The molecule has 2 N–H and O–H groups in total. The summed E-state index contributed by atoms with van der Waals surface area (Å²) in [6, 6.07) is 0. The molecule has 2 spiro atoms. The molecule has 4 nitrogen and oxygen atoms in total. The summed E-state index contributed by atoms with van der Waals surface area (Å²) in [5, 5.41) is 18.5. The molecular formula is C17H24O4. The predicted octanol–water partition coefficient (Wildman–Crippen LogP) is 3.30. The zero-order valence-electron chi connectivity index (χ0n) is 12.4. The molecular weight excluding hydrogens is 268 g/mol. The maximum atomic E-state index is 11.3. The van der Waals surface area contributed by atoms with E-state index in [1.807, 2.05) is 0 Å². The van der Waals surface area contributed by atoms with E-state index >= 15 is 0 Å². The maximum absolute atomic E-state index is 11.3. The Morgan fingerprint density at radius 2 is 1.33 bits per heavy atom. The Hall–Kier alpha value is -1.06. The van der Waals surface area contributed by atoms with E-state index in [2.05, 4.69) is 0 Å². The SMILES string of the molecule is O=C(O)C1(C(=O)O)CC2(CC3(CC4CCCC(C4)C3)C2)C1. The summed E-state index contributed by atoms with van der Waals surface area (Å²) >= 11 is 0. The van der Waals surface area contributed by atoms with Gasteiger partial charge in [0, 0.05) is 0 Å². The van der Waals surface area contributed by atoms with E-state index in [9.17, 15) is 19.8 Å². The van der Waals surface area contributed by atoms with Crippen LogP contribution in [0.15, 0.2) is 0 Å². The second-order valence-corrected chi connectivity index (χ2v) is 8.71. The molecule has 4 heteroatoms. The molecule has 0 aromatic rings. The summed E-state index contributed by atoms with van der Waals surface area (Å²) in [5.41, 5.74) is -0.994. The lowest BCUT2D eigenvalue weighted by Gasteiger charge is -2.68. The van der Waals surface area contributed by atoms with Crippen molar-refractivity contribution in [3.05, 3.63) is 0 Å². The van der Waals surface area contributed by atoms with Crippen LogP contribution in [0.1, 0.15) is 64.2 Å². The van der Waals surface area contributed by atoms with Crippen LogP contribution < -0.4 is 0 Å². The number of hydrogen-bond acceptors (Lipinski definition) is 2. The lowest BCUT2D eigenvalue weighted by Crippen LogP contribution is -2.64. The van der Waals surface area contributed by atoms with Crippen LogP contribution in [-0.2, 0) is 9.59 Å². The molecule has 0 aromatic carbocycles. The van der Waals surface area contributed by atoms with Crippen molar-refractivity contribution in [2.75, 3.05) is 0 Å². The highest BCUT2D eigenvalue weighted by Gasteiger charge is 2.71. The molecule has 4 aliphatic carbocycles. The minimum absolute atomic E-state index is 0.0441. The van der Waals surface area contributed by atoms with E-state index in [0.717, 1.165) is 24.7 Å². The van der Waals surface area contributed by atoms with Crippen molar-refractivity contribution in [3.8, 4) is 0 Å². The third-order valence-corrected chi connectivity index (χ3v) is 7.01. The van der Waals surface area contributed by atoms with E-state index in [0.29, 0.717) is 18.3 Å². The lowest BCUT2D eigenvalue weighted by molar-refractivity contribution is -0.217. The largest absolute Gasteiger partial charge is 0.480 e. The second-order valence-electron chi connectivity index (χ2n) is 8.71. The van der Waals surface area contributed by atoms with Crippen molar-refractivity contribution in [1.82, 2.24) is 0 Å². The van der Waals surface area contributed by atoms with Gasteiger partial charge in [-0.3, -0.25) is 9.59 Å². The van der Waals surface area contributed by atoms with Gasteiger partial charge in [0.25, 0.3) is 0 Å². The predicted molar refractivity (Wildman–Crippen MR) is 75.7 cm³/mol. The fourth-order valence-electron chi connectivity index (χ4n) is 6.78. The number of carboxylic acid groups (broad SMARTS) is 2. The Bertz CT molecular complexity index is 465. The van der Waals surface area contributed by atoms with Crippen molar-refractivity contribution in [1.29, 1.82) is 0 Å². The van der Waals surface area contributed by atoms with Crippen LogP contribution in [0.3, 0.4) is 0 Å². The summed E-state index contributed by atoms with van der Waals surface area (Å²) < 4.78 is 0. The normalized spacial score (nSPS) is 37.5. The van der Waals surface area contributed by atoms with Crippen molar-refractivity contribution in [2.24, 2.45) is 28.1 Å². The number of rotatable bonds is 2. The van der Waals surface area contributed by atoms with Gasteiger partial charge in [-0.15, -0.1) is 0 Å². The highest BCUT2D eigenvalue weighted by Crippen LogP contribution is 2.74. The summed E-state index contributed by atoms with van der Waals surface area (Å²) in [7, 11) is 0. The van der Waals surface area contributed by atoms with Crippen LogP contribution >= 0.6 is 0 Å². The van der Waals surface area contributed by atoms with Crippen LogP contribution in [0.25, 0.3) is 0 Å². The number of hydrogen-bond donors (Lipinski definition) is 2. The molecule has 2 bridgehead atoms. The minimum atomic E-state index is -1.48. The van der Waals surface area contributed by atoms with Crippen LogP contribution in [0.2, 0.25) is 0 Å². The van der Waals surface area contributed by atoms with Gasteiger partial charge in [-0.2, -0.15) is 0 Å². The van der Waals surface area contributed by atoms with Gasteiger partial charge in [0.2, 0.25) is 0 Å². The topological polar surface area (TPSA) is 74.6 Å². The Kier molecular flexibility index (Phi) is 2.60. The van der Waals surface area contributed by atoms with Gasteiger partial charge in [0.05, 0.1) is 0 Å². The van der Waals surface area contributed by atoms with Crippen LogP contribution in [-0.4, -0.2) is 22.2 Å². The molecule has 4 aliphatic rings. The molecule has 4 saturated carbocycles. The fraction of sp³-hybridized carbons (Fsp3) is 0.882. The molecule has 4 fully saturated rings. The van der Waals surface area contributed by atoms with Gasteiger partial charge < -0.3 is 10.2 Å². The van der Waals surface area contributed by atoms with Gasteiger partial charge in [-0.25, -0.2) is 0 Å². The van der Waals surface area contributed by atoms with Crippen LogP contribution in [0.4, 0.5) is 0 Å². The number of aliphatic carboxylic acids is 2. The Labute approximate surface area is 124 Å². The van der Waals surface area contributed by atoms with E-state index in [-0.39, 0.29) is 5.41 Å². The summed E-state index contributed by atoms with van der Waals surface area (Å²) in [5.74, 6) is -0.499. The molecule has 116 valence electrons. The molecule has 0 aliphatic heterocycles. The summed E-state index contributed by atoms with van der Waals surface area (Å²) in [6.45, 7) is 0. The third-order valence-electron chi connectivity index (χ3n) is 7.01. The van der Waals surface area contributed by atoms with Crippen LogP contribution in [0, 0.1) is 28.1 Å². The standard InChI is InChI=1S/C17H24O4/c18-13(19)17(14(20)21)9-16(10-17)7-15(8-16)5-11-2-1-3-12(4-11)6-15/h11-12H,1-10H2,(H,18,19)(H,20,21). The molecule has 2 atom stereocenters. The lowest BCUT2D eigenvalue weighted by atomic mass is 9.35. The molecule has 0 radical (unpaired) electrons. The van der Waals surface area contributed by atoms with Crippen molar-refractivity contribution < 1.29 is 19.8 Å². The molecule has 0 saturated heterocycles. The quantitative estimate of drug-likeness (QED) is 0.766. The Morgan fingerprint density at radius 3 is 1.81 bits per heavy atom. The van der Waals surface area contributed by atoms with E-state index in [1.165, 1.54) is 38.5 Å². The fourth-order valence-corrected chi connectivity index (χ4v) is 6.78. The average molecular weight is 292 g/mol. The van der Waals surface area contributed by atoms with Gasteiger partial charge in [-0.05, 0) is 67.6 Å². The minimum Gasteiger partial charge on any atom is -0.480 e. The summed E-state index contributed by atoms with van der Waals surface area (Å²) in [6.07, 6.45) is 11.1. The molecule has 0 amide bonds. The average Bonchev–Trinajstić information content (AvgIpc) is 2.30. The van der Waals surface area contributed by atoms with Gasteiger partial charge in [-0.1, -0.05) is 19.3 Å². The molecule has 21 heavy (non-hydrogen) atoms. The second kappa shape index (κ2) is 4.02. The Balaban J connectivity index is 1.44. The third kappa shape index (κ3) is 1.80. The van der Waals surface area contributed by atoms with Gasteiger partial charge in [0.1, 0.15) is 0 Å². The molecule has 0 aromatic heterocycles. The molecule has 0 heterocycles. The monoisotopic (exact) mass is 292 g/mol. The number of carboxylic acids is 2. The zero-order chi connectivity index (χ0) is 14.9. The first-order valence-electron chi connectivity index (χ1n) is 8.34. The van der Waals surface area contributed by atoms with Gasteiger partial charge >= 0.3 is 11.9 Å². The van der Waals surface area contributed by atoms with E-state index in [1.54, 1.807) is 0 Å². The highest BCUT2D eigenvalue weighted by atomic mass is 16.4. The van der Waals surface area contributed by atoms with Crippen LogP contribution in [0.5, 0.6) is 0 Å². The number of fused-ring (bicyclic) bond motifs is 2. The van der Waals surface area contributed by atoms with Crippen molar-refractivity contribution >= 4 is 11.9 Å². The first kappa shape index (κ1) is 13.6. The van der Waals surface area contributed by atoms with Gasteiger partial charge in [0.15, 0.2) is 5.41 Å². The summed E-state index contributed by atoms with van der Waals surface area (Å²) in [4.78, 5) is 22.6. The van der Waals surface area contributed by atoms with E-state index < -0.39 is 17.4 Å². The first-order valence-corrected chi connectivity index (χ1v) is 8.34. The highest BCUT2D eigenvalue weighted by molar-refractivity contribution is 5.99. The van der Waals surface area contributed by atoms with Crippen molar-refractivity contribution in [2.45, 2.75) is 64.2 Å². The molecule has 4 rings (SSSR count). The van der Waals surface area contributed by atoms with E-state index in [4.69, 9.17) is 0 Å². The smallest absolute Gasteiger partial charge is 0.321 e. The maximum Gasteiger partial charge on any atom is 0.321 e. The number of carbonyl (C=O) groups is 2. The molecule has 2 unspecified atom stereocenters.